The summed E-state index contributed by atoms with van der Waals surface area (Å²) in [6, 6.07) is 0.289. The SMILES string of the molecule is CCOc1nc(NC)nc(NC2(CO)CCC(C)CC2)n1. The van der Waals surface area contributed by atoms with Crippen molar-refractivity contribution in [3.05, 3.63) is 0 Å². The molecule has 1 aliphatic carbocycles. The topological polar surface area (TPSA) is 92.2 Å². The first-order valence-corrected chi connectivity index (χ1v) is 7.56. The van der Waals surface area contributed by atoms with Crippen molar-refractivity contribution < 1.29 is 9.84 Å². The van der Waals surface area contributed by atoms with Crippen LogP contribution in [-0.2, 0) is 0 Å². The molecule has 0 radical (unpaired) electrons. The van der Waals surface area contributed by atoms with E-state index in [1.165, 1.54) is 0 Å². The molecule has 0 atom stereocenters. The van der Waals surface area contributed by atoms with Crippen LogP contribution in [0.3, 0.4) is 0 Å². The van der Waals surface area contributed by atoms with Gasteiger partial charge in [-0.25, -0.2) is 0 Å². The van der Waals surface area contributed by atoms with Gasteiger partial charge >= 0.3 is 6.01 Å². The van der Waals surface area contributed by atoms with Crippen LogP contribution in [0.1, 0.15) is 39.5 Å². The van der Waals surface area contributed by atoms with Crippen molar-refractivity contribution >= 4 is 11.9 Å². The summed E-state index contributed by atoms with van der Waals surface area (Å²) in [6.45, 7) is 4.70. The quantitative estimate of drug-likeness (QED) is 0.735. The minimum atomic E-state index is -0.345. The molecule has 0 aromatic carbocycles. The fourth-order valence-corrected chi connectivity index (χ4v) is 2.59. The summed E-state index contributed by atoms with van der Waals surface area (Å²) in [5.74, 6) is 1.60. The average molecular weight is 295 g/mol. The van der Waals surface area contributed by atoms with Crippen LogP contribution < -0.4 is 15.4 Å². The van der Waals surface area contributed by atoms with E-state index in [1.807, 2.05) is 6.92 Å². The van der Waals surface area contributed by atoms with E-state index in [9.17, 15) is 5.11 Å². The summed E-state index contributed by atoms with van der Waals surface area (Å²) >= 11 is 0. The van der Waals surface area contributed by atoms with E-state index < -0.39 is 0 Å². The second-order valence-corrected chi connectivity index (χ2v) is 5.69. The fourth-order valence-electron chi connectivity index (χ4n) is 2.59. The minimum Gasteiger partial charge on any atom is -0.464 e. The number of hydrogen-bond donors (Lipinski definition) is 3. The molecule has 1 heterocycles. The highest BCUT2D eigenvalue weighted by Gasteiger charge is 2.34. The Kier molecular flexibility index (Phi) is 5.17. The minimum absolute atomic E-state index is 0.0737. The molecule has 0 aliphatic heterocycles. The molecule has 1 saturated carbocycles. The van der Waals surface area contributed by atoms with E-state index in [-0.39, 0.29) is 18.2 Å². The van der Waals surface area contributed by atoms with E-state index in [0.717, 1.165) is 25.7 Å². The molecule has 1 aliphatic rings. The zero-order chi connectivity index (χ0) is 15.3. The van der Waals surface area contributed by atoms with Gasteiger partial charge in [-0.3, -0.25) is 0 Å². The lowest BCUT2D eigenvalue weighted by Crippen LogP contribution is -2.45. The largest absolute Gasteiger partial charge is 0.464 e. The van der Waals surface area contributed by atoms with Crippen LogP contribution in [0.5, 0.6) is 6.01 Å². The molecular formula is C14H25N5O2. The Bertz CT molecular complexity index is 461. The average Bonchev–Trinajstić information content (AvgIpc) is 2.50. The van der Waals surface area contributed by atoms with Gasteiger partial charge in [0.15, 0.2) is 0 Å². The number of rotatable bonds is 6. The number of nitrogens with zero attached hydrogens (tertiary/aromatic N) is 3. The highest BCUT2D eigenvalue weighted by atomic mass is 16.5. The lowest BCUT2D eigenvalue weighted by molar-refractivity contribution is 0.154. The van der Waals surface area contributed by atoms with E-state index >= 15 is 0 Å². The molecule has 7 nitrogen and oxygen atoms in total. The van der Waals surface area contributed by atoms with Crippen molar-refractivity contribution in [2.75, 3.05) is 30.9 Å². The van der Waals surface area contributed by atoms with Gasteiger partial charge in [0, 0.05) is 7.05 Å². The number of nitrogens with one attached hydrogen (secondary N) is 2. The smallest absolute Gasteiger partial charge is 0.323 e. The lowest BCUT2D eigenvalue weighted by Gasteiger charge is -2.38. The van der Waals surface area contributed by atoms with Crippen LogP contribution in [0.15, 0.2) is 0 Å². The van der Waals surface area contributed by atoms with Gasteiger partial charge in [-0.05, 0) is 38.5 Å². The number of aliphatic hydroxyl groups is 1. The van der Waals surface area contributed by atoms with Gasteiger partial charge in [-0.15, -0.1) is 0 Å². The summed E-state index contributed by atoms with van der Waals surface area (Å²) in [5.41, 5.74) is -0.345. The molecule has 0 spiro atoms. The van der Waals surface area contributed by atoms with Crippen molar-refractivity contribution in [1.82, 2.24) is 15.0 Å². The zero-order valence-corrected chi connectivity index (χ0v) is 13.0. The Balaban J connectivity index is 2.18. The molecule has 7 heteroatoms. The van der Waals surface area contributed by atoms with Gasteiger partial charge in [0.2, 0.25) is 11.9 Å². The highest BCUT2D eigenvalue weighted by molar-refractivity contribution is 5.38. The van der Waals surface area contributed by atoms with Crippen LogP contribution >= 0.6 is 0 Å². The Morgan fingerprint density at radius 3 is 2.48 bits per heavy atom. The summed E-state index contributed by atoms with van der Waals surface area (Å²) in [6.07, 6.45) is 4.01. The molecule has 1 aromatic heterocycles. The summed E-state index contributed by atoms with van der Waals surface area (Å²) in [4.78, 5) is 12.7. The molecule has 0 amide bonds. The second-order valence-electron chi connectivity index (χ2n) is 5.69. The van der Waals surface area contributed by atoms with Crippen molar-refractivity contribution in [2.24, 2.45) is 5.92 Å². The molecule has 1 fully saturated rings. The molecule has 0 saturated heterocycles. The van der Waals surface area contributed by atoms with Crippen LogP contribution in [0.25, 0.3) is 0 Å². The van der Waals surface area contributed by atoms with Crippen LogP contribution in [0, 0.1) is 5.92 Å². The highest BCUT2D eigenvalue weighted by Crippen LogP contribution is 2.34. The normalized spacial score (nSPS) is 25.4. The Hall–Kier alpha value is -1.63. The number of anilines is 2. The zero-order valence-electron chi connectivity index (χ0n) is 13.0. The van der Waals surface area contributed by atoms with Gasteiger partial charge in [0.1, 0.15) is 0 Å². The molecule has 2 rings (SSSR count). The van der Waals surface area contributed by atoms with Crippen molar-refractivity contribution in [1.29, 1.82) is 0 Å². The summed E-state index contributed by atoms with van der Waals surface area (Å²) in [7, 11) is 1.75. The first-order chi connectivity index (χ1) is 10.1. The third-order valence-electron chi connectivity index (χ3n) is 4.02. The van der Waals surface area contributed by atoms with Gasteiger partial charge in [0.05, 0.1) is 18.8 Å². The van der Waals surface area contributed by atoms with Gasteiger partial charge in [-0.2, -0.15) is 15.0 Å². The summed E-state index contributed by atoms with van der Waals surface area (Å²) < 4.78 is 5.36. The van der Waals surface area contributed by atoms with Crippen LogP contribution in [-0.4, -0.2) is 45.9 Å². The standard InChI is InChI=1S/C14H25N5O2/c1-4-21-13-17-11(15-3)16-12(18-13)19-14(9-20)7-5-10(2)6-8-14/h10,20H,4-9H2,1-3H3,(H2,15,16,17,18,19). The number of ether oxygens (including phenoxy) is 1. The van der Waals surface area contributed by atoms with E-state index in [4.69, 9.17) is 4.74 Å². The van der Waals surface area contributed by atoms with E-state index in [1.54, 1.807) is 7.05 Å². The Morgan fingerprint density at radius 1 is 1.24 bits per heavy atom. The van der Waals surface area contributed by atoms with Gasteiger partial charge < -0.3 is 20.5 Å². The van der Waals surface area contributed by atoms with Gasteiger partial charge in [0.25, 0.3) is 0 Å². The van der Waals surface area contributed by atoms with Crippen molar-refractivity contribution in [3.8, 4) is 6.01 Å². The molecular weight excluding hydrogens is 270 g/mol. The third-order valence-corrected chi connectivity index (χ3v) is 4.02. The van der Waals surface area contributed by atoms with Crippen LogP contribution in [0.4, 0.5) is 11.9 Å². The molecule has 0 unspecified atom stereocenters. The summed E-state index contributed by atoms with van der Waals surface area (Å²) in [5, 5.41) is 16.0. The second kappa shape index (κ2) is 6.89. The number of hydrogen-bond acceptors (Lipinski definition) is 7. The monoisotopic (exact) mass is 295 g/mol. The Morgan fingerprint density at radius 2 is 1.90 bits per heavy atom. The molecule has 0 bridgehead atoms. The maximum atomic E-state index is 9.81. The maximum Gasteiger partial charge on any atom is 0.323 e. The molecule has 21 heavy (non-hydrogen) atoms. The predicted molar refractivity (Wildman–Crippen MR) is 81.6 cm³/mol. The Labute approximate surface area is 125 Å². The maximum absolute atomic E-state index is 9.81. The lowest BCUT2D eigenvalue weighted by atomic mass is 9.77. The predicted octanol–water partition coefficient (Wildman–Crippen LogP) is 1.67. The van der Waals surface area contributed by atoms with Crippen LogP contribution in [0.2, 0.25) is 0 Å². The third kappa shape index (κ3) is 3.93. The molecule has 3 N–H and O–H groups in total. The number of aliphatic hydroxyl groups excluding tert-OH is 1. The van der Waals surface area contributed by atoms with Crippen molar-refractivity contribution in [2.45, 2.75) is 45.1 Å². The first kappa shape index (κ1) is 15.8. The first-order valence-electron chi connectivity index (χ1n) is 7.56. The van der Waals surface area contributed by atoms with E-state index in [0.29, 0.717) is 24.4 Å². The van der Waals surface area contributed by atoms with Gasteiger partial charge in [-0.1, -0.05) is 6.92 Å². The fraction of sp³-hybridized carbons (Fsp3) is 0.786. The van der Waals surface area contributed by atoms with Crippen molar-refractivity contribution in [3.63, 3.8) is 0 Å². The number of aromatic nitrogens is 3. The molecule has 1 aromatic rings. The molecule has 118 valence electrons. The van der Waals surface area contributed by atoms with E-state index in [2.05, 4.69) is 32.5 Å².